The van der Waals surface area contributed by atoms with Gasteiger partial charge in [-0.2, -0.15) is 0 Å². The van der Waals surface area contributed by atoms with Crippen LogP contribution in [0.1, 0.15) is 25.3 Å². The van der Waals surface area contributed by atoms with Crippen molar-refractivity contribution < 1.29 is 14.3 Å². The van der Waals surface area contributed by atoms with E-state index in [2.05, 4.69) is 10.6 Å². The molecule has 0 bridgehead atoms. The molecular formula is C19H22N2O3. The molecule has 0 unspecified atom stereocenters. The van der Waals surface area contributed by atoms with Crippen LogP contribution in [0.4, 0.5) is 11.4 Å². The summed E-state index contributed by atoms with van der Waals surface area (Å²) in [6, 6.07) is 14.5. The van der Waals surface area contributed by atoms with Gasteiger partial charge in [0.25, 0.3) is 0 Å². The maximum atomic E-state index is 12.1. The smallest absolute Gasteiger partial charge is 0.228 e. The van der Waals surface area contributed by atoms with Crippen molar-refractivity contribution in [3.8, 4) is 5.75 Å². The summed E-state index contributed by atoms with van der Waals surface area (Å²) in [4.78, 5) is 23.8. The van der Waals surface area contributed by atoms with E-state index < -0.39 is 0 Å². The first kappa shape index (κ1) is 17.5. The number of hydrogen-bond donors (Lipinski definition) is 2. The Hall–Kier alpha value is -2.82. The summed E-state index contributed by atoms with van der Waals surface area (Å²) in [5.41, 5.74) is 2.24. The van der Waals surface area contributed by atoms with Gasteiger partial charge in [-0.05, 0) is 42.3 Å². The molecule has 0 saturated carbocycles. The van der Waals surface area contributed by atoms with Gasteiger partial charge in [-0.3, -0.25) is 9.59 Å². The van der Waals surface area contributed by atoms with Crippen LogP contribution in [0.15, 0.2) is 48.5 Å². The molecule has 126 valence electrons. The fraction of sp³-hybridized carbons (Fsp3) is 0.263. The maximum absolute atomic E-state index is 12.1. The van der Waals surface area contributed by atoms with Gasteiger partial charge in [0.15, 0.2) is 0 Å². The monoisotopic (exact) mass is 326 g/mol. The molecule has 0 fully saturated rings. The molecule has 0 aromatic heterocycles. The second-order valence-corrected chi connectivity index (χ2v) is 5.45. The van der Waals surface area contributed by atoms with E-state index in [-0.39, 0.29) is 18.2 Å². The minimum atomic E-state index is -0.114. The molecule has 0 radical (unpaired) electrons. The van der Waals surface area contributed by atoms with Crippen LogP contribution in [0.3, 0.4) is 0 Å². The number of rotatable bonds is 7. The Balaban J connectivity index is 1.94. The zero-order valence-electron chi connectivity index (χ0n) is 14.0. The third-order valence-electron chi connectivity index (χ3n) is 3.43. The molecule has 0 aliphatic rings. The van der Waals surface area contributed by atoms with E-state index in [0.29, 0.717) is 17.8 Å². The normalized spacial score (nSPS) is 10.1. The summed E-state index contributed by atoms with van der Waals surface area (Å²) in [5.74, 6) is 0.617. The summed E-state index contributed by atoms with van der Waals surface area (Å²) in [6.45, 7) is 1.95. The molecule has 2 N–H and O–H groups in total. The predicted octanol–water partition coefficient (Wildman–Crippen LogP) is 3.62. The van der Waals surface area contributed by atoms with Crippen LogP contribution in [-0.4, -0.2) is 18.9 Å². The summed E-state index contributed by atoms with van der Waals surface area (Å²) in [7, 11) is 1.61. The molecule has 2 aromatic rings. The lowest BCUT2D eigenvalue weighted by Crippen LogP contribution is -2.15. The van der Waals surface area contributed by atoms with Crippen molar-refractivity contribution in [2.45, 2.75) is 26.2 Å². The molecule has 0 aliphatic carbocycles. The molecule has 0 atom stereocenters. The predicted molar refractivity (Wildman–Crippen MR) is 95.3 cm³/mol. The Kier molecular flexibility index (Phi) is 6.37. The molecule has 2 aromatic carbocycles. The highest BCUT2D eigenvalue weighted by atomic mass is 16.5. The topological polar surface area (TPSA) is 67.4 Å². The largest absolute Gasteiger partial charge is 0.497 e. The van der Waals surface area contributed by atoms with Crippen molar-refractivity contribution in [1.82, 2.24) is 0 Å². The van der Waals surface area contributed by atoms with E-state index in [1.807, 2.05) is 31.2 Å². The van der Waals surface area contributed by atoms with Gasteiger partial charge in [-0.25, -0.2) is 0 Å². The van der Waals surface area contributed by atoms with Gasteiger partial charge in [-0.15, -0.1) is 0 Å². The number of anilines is 2. The second kappa shape index (κ2) is 8.72. The number of ether oxygens (including phenoxy) is 1. The third-order valence-corrected chi connectivity index (χ3v) is 3.43. The molecule has 0 saturated heterocycles. The fourth-order valence-electron chi connectivity index (χ4n) is 2.26. The lowest BCUT2D eigenvalue weighted by molar-refractivity contribution is -0.116. The van der Waals surface area contributed by atoms with Crippen molar-refractivity contribution in [2.24, 2.45) is 0 Å². The van der Waals surface area contributed by atoms with Crippen LogP contribution < -0.4 is 15.4 Å². The van der Waals surface area contributed by atoms with E-state index in [1.165, 1.54) is 0 Å². The van der Waals surface area contributed by atoms with Gasteiger partial charge in [0.2, 0.25) is 11.8 Å². The van der Waals surface area contributed by atoms with Gasteiger partial charge >= 0.3 is 0 Å². The highest BCUT2D eigenvalue weighted by Crippen LogP contribution is 2.17. The number of carbonyl (C=O) groups is 2. The molecule has 0 heterocycles. The Morgan fingerprint density at radius 1 is 0.958 bits per heavy atom. The highest BCUT2D eigenvalue weighted by Gasteiger charge is 2.06. The number of benzene rings is 2. The minimum absolute atomic E-state index is 0.0285. The summed E-state index contributed by atoms with van der Waals surface area (Å²) >= 11 is 0. The van der Waals surface area contributed by atoms with E-state index in [9.17, 15) is 9.59 Å². The van der Waals surface area contributed by atoms with Crippen LogP contribution in [0.2, 0.25) is 0 Å². The van der Waals surface area contributed by atoms with Crippen molar-refractivity contribution in [1.29, 1.82) is 0 Å². The molecule has 2 amide bonds. The number of nitrogens with one attached hydrogen (secondary N) is 2. The van der Waals surface area contributed by atoms with Gasteiger partial charge < -0.3 is 15.4 Å². The van der Waals surface area contributed by atoms with Crippen LogP contribution in [0, 0.1) is 0 Å². The van der Waals surface area contributed by atoms with Crippen molar-refractivity contribution in [3.05, 3.63) is 54.1 Å². The zero-order chi connectivity index (χ0) is 17.4. The molecule has 2 rings (SSSR count). The number of amides is 2. The van der Waals surface area contributed by atoms with Gasteiger partial charge in [0.05, 0.1) is 13.5 Å². The lowest BCUT2D eigenvalue weighted by atomic mass is 10.1. The third kappa shape index (κ3) is 5.43. The Morgan fingerprint density at radius 3 is 2.17 bits per heavy atom. The van der Waals surface area contributed by atoms with Crippen molar-refractivity contribution in [2.75, 3.05) is 17.7 Å². The fourth-order valence-corrected chi connectivity index (χ4v) is 2.26. The molecule has 24 heavy (non-hydrogen) atoms. The number of carbonyl (C=O) groups excluding carboxylic acids is 2. The van der Waals surface area contributed by atoms with Crippen LogP contribution >= 0.6 is 0 Å². The first-order valence-corrected chi connectivity index (χ1v) is 7.93. The van der Waals surface area contributed by atoms with E-state index in [0.717, 1.165) is 17.7 Å². The minimum Gasteiger partial charge on any atom is -0.497 e. The first-order valence-electron chi connectivity index (χ1n) is 7.93. The van der Waals surface area contributed by atoms with Crippen molar-refractivity contribution >= 4 is 23.2 Å². The molecular weight excluding hydrogens is 304 g/mol. The highest BCUT2D eigenvalue weighted by molar-refractivity contribution is 5.94. The zero-order valence-corrected chi connectivity index (χ0v) is 14.0. The molecule has 0 aliphatic heterocycles. The number of methoxy groups -OCH3 is 1. The standard InChI is InChI=1S/C19H22N2O3/c1-3-5-18(22)20-15-6-4-7-16(13-15)21-19(23)12-14-8-10-17(24-2)11-9-14/h4,6-11,13H,3,5,12H2,1-2H3,(H,20,22)(H,21,23). The van der Waals surface area contributed by atoms with Crippen LogP contribution in [-0.2, 0) is 16.0 Å². The average Bonchev–Trinajstić information content (AvgIpc) is 2.56. The average molecular weight is 326 g/mol. The summed E-state index contributed by atoms with van der Waals surface area (Å²) in [5, 5.41) is 5.66. The molecule has 5 heteroatoms. The van der Waals surface area contributed by atoms with Gasteiger partial charge in [0, 0.05) is 17.8 Å². The van der Waals surface area contributed by atoms with E-state index in [4.69, 9.17) is 4.74 Å². The second-order valence-electron chi connectivity index (χ2n) is 5.45. The lowest BCUT2D eigenvalue weighted by Gasteiger charge is -2.09. The number of hydrogen-bond acceptors (Lipinski definition) is 3. The van der Waals surface area contributed by atoms with Crippen molar-refractivity contribution in [3.63, 3.8) is 0 Å². The Morgan fingerprint density at radius 2 is 1.58 bits per heavy atom. The summed E-state index contributed by atoms with van der Waals surface area (Å²) in [6.07, 6.45) is 1.55. The van der Waals surface area contributed by atoms with Crippen LogP contribution in [0.25, 0.3) is 0 Å². The molecule has 5 nitrogen and oxygen atoms in total. The van der Waals surface area contributed by atoms with Crippen LogP contribution in [0.5, 0.6) is 5.75 Å². The van der Waals surface area contributed by atoms with E-state index in [1.54, 1.807) is 31.4 Å². The molecule has 0 spiro atoms. The maximum Gasteiger partial charge on any atom is 0.228 e. The summed E-state index contributed by atoms with van der Waals surface area (Å²) < 4.78 is 5.10. The Labute approximate surface area is 142 Å². The SMILES string of the molecule is CCCC(=O)Nc1cccc(NC(=O)Cc2ccc(OC)cc2)c1. The Bertz CT molecular complexity index is 696. The van der Waals surface area contributed by atoms with Gasteiger partial charge in [0.1, 0.15) is 5.75 Å². The van der Waals surface area contributed by atoms with E-state index >= 15 is 0 Å². The quantitative estimate of drug-likeness (QED) is 0.816. The van der Waals surface area contributed by atoms with Gasteiger partial charge in [-0.1, -0.05) is 25.1 Å². The first-order chi connectivity index (χ1) is 11.6.